The minimum Gasteiger partial charge on any atom is -0.365 e. The molecule has 3 aliphatic rings. The molecule has 2 atom stereocenters. The Hall–Kier alpha value is -3.00. The van der Waals surface area contributed by atoms with Crippen molar-refractivity contribution in [3.05, 3.63) is 54.1 Å². The number of carbonyl (C=O) groups excluding carboxylic acids is 3. The SMILES string of the molecule is Cc1cccc(N2CCN(C(=O)C3CCN(C(=O)C4Sc5ccccc5NC4=O)CC3)CC2C)c1. The number of piperidine rings is 1. The lowest BCUT2D eigenvalue weighted by atomic mass is 9.94. The fourth-order valence-electron chi connectivity index (χ4n) is 5.33. The number of amides is 3. The summed E-state index contributed by atoms with van der Waals surface area (Å²) in [5.41, 5.74) is 3.21. The van der Waals surface area contributed by atoms with E-state index in [0.717, 1.165) is 17.1 Å². The molecule has 184 valence electrons. The Morgan fingerprint density at radius 1 is 0.943 bits per heavy atom. The van der Waals surface area contributed by atoms with Crippen LogP contribution >= 0.6 is 11.8 Å². The molecule has 3 heterocycles. The van der Waals surface area contributed by atoms with E-state index in [1.54, 1.807) is 4.90 Å². The quantitative estimate of drug-likeness (QED) is 0.665. The van der Waals surface area contributed by atoms with Crippen LogP contribution in [-0.2, 0) is 14.4 Å². The van der Waals surface area contributed by atoms with Gasteiger partial charge in [0.05, 0.1) is 5.69 Å². The number of hydrogen-bond acceptors (Lipinski definition) is 5. The Morgan fingerprint density at radius 3 is 2.46 bits per heavy atom. The number of likely N-dealkylation sites (tertiary alicyclic amines) is 1. The molecule has 2 unspecified atom stereocenters. The lowest BCUT2D eigenvalue weighted by Gasteiger charge is -2.43. The van der Waals surface area contributed by atoms with E-state index < -0.39 is 5.25 Å². The maximum absolute atomic E-state index is 13.3. The van der Waals surface area contributed by atoms with Gasteiger partial charge in [0, 0.05) is 55.3 Å². The molecular formula is C27H32N4O3S. The number of thioether (sulfide) groups is 1. The Kier molecular flexibility index (Phi) is 6.73. The molecule has 2 fully saturated rings. The van der Waals surface area contributed by atoms with Crippen LogP contribution in [0.25, 0.3) is 0 Å². The number of nitrogens with one attached hydrogen (secondary N) is 1. The first-order valence-electron chi connectivity index (χ1n) is 12.4. The van der Waals surface area contributed by atoms with Gasteiger partial charge in [0.1, 0.15) is 0 Å². The minimum absolute atomic E-state index is 0.0645. The summed E-state index contributed by atoms with van der Waals surface area (Å²) in [6.07, 6.45) is 1.29. The first-order valence-corrected chi connectivity index (χ1v) is 13.3. The van der Waals surface area contributed by atoms with Gasteiger partial charge in [-0.25, -0.2) is 0 Å². The molecule has 1 N–H and O–H groups in total. The molecule has 0 aromatic heterocycles. The minimum atomic E-state index is -0.771. The van der Waals surface area contributed by atoms with E-state index >= 15 is 0 Å². The summed E-state index contributed by atoms with van der Waals surface area (Å²) in [6, 6.07) is 16.3. The number of hydrogen-bond donors (Lipinski definition) is 1. The third-order valence-corrected chi connectivity index (χ3v) is 8.54. The number of fused-ring (bicyclic) bond motifs is 1. The maximum atomic E-state index is 13.3. The molecule has 7 nitrogen and oxygen atoms in total. The fourth-order valence-corrected chi connectivity index (χ4v) is 6.41. The van der Waals surface area contributed by atoms with E-state index in [9.17, 15) is 14.4 Å². The highest BCUT2D eigenvalue weighted by Crippen LogP contribution is 2.36. The monoisotopic (exact) mass is 492 g/mol. The topological polar surface area (TPSA) is 73.0 Å². The second kappa shape index (κ2) is 9.93. The molecule has 3 amide bonds. The highest BCUT2D eigenvalue weighted by molar-refractivity contribution is 8.01. The largest absolute Gasteiger partial charge is 0.365 e. The normalized spacial score (nSPS) is 23.0. The van der Waals surface area contributed by atoms with E-state index in [2.05, 4.69) is 48.3 Å². The summed E-state index contributed by atoms with van der Waals surface area (Å²) in [5, 5.41) is 2.08. The number of rotatable bonds is 3. The molecule has 2 aromatic rings. The van der Waals surface area contributed by atoms with E-state index in [1.807, 2.05) is 29.2 Å². The van der Waals surface area contributed by atoms with Crippen molar-refractivity contribution in [1.29, 1.82) is 0 Å². The second-order valence-corrected chi connectivity index (χ2v) is 10.9. The van der Waals surface area contributed by atoms with Gasteiger partial charge in [0.2, 0.25) is 17.7 Å². The summed E-state index contributed by atoms with van der Waals surface area (Å²) in [6.45, 7) is 7.55. The average molecular weight is 493 g/mol. The summed E-state index contributed by atoms with van der Waals surface area (Å²) >= 11 is 1.31. The van der Waals surface area contributed by atoms with Crippen molar-refractivity contribution in [2.45, 2.75) is 42.9 Å². The van der Waals surface area contributed by atoms with Crippen molar-refractivity contribution in [3.63, 3.8) is 0 Å². The second-order valence-electron chi connectivity index (χ2n) is 9.75. The van der Waals surface area contributed by atoms with Gasteiger partial charge in [-0.2, -0.15) is 0 Å². The smallest absolute Gasteiger partial charge is 0.247 e. The fraction of sp³-hybridized carbons (Fsp3) is 0.444. The lowest BCUT2D eigenvalue weighted by molar-refractivity contribution is -0.142. The van der Waals surface area contributed by atoms with Gasteiger partial charge in [0.25, 0.3) is 0 Å². The van der Waals surface area contributed by atoms with Crippen LogP contribution in [0.5, 0.6) is 0 Å². The van der Waals surface area contributed by atoms with Crippen LogP contribution in [0.4, 0.5) is 11.4 Å². The number of nitrogens with zero attached hydrogens (tertiary/aromatic N) is 3. The maximum Gasteiger partial charge on any atom is 0.247 e. The molecular weight excluding hydrogens is 460 g/mol. The zero-order chi connectivity index (χ0) is 24.5. The van der Waals surface area contributed by atoms with Gasteiger partial charge in [-0.05, 0) is 56.5 Å². The summed E-state index contributed by atoms with van der Waals surface area (Å²) in [4.78, 5) is 46.0. The molecule has 8 heteroatoms. The lowest BCUT2D eigenvalue weighted by Crippen LogP contribution is -2.56. The highest BCUT2D eigenvalue weighted by Gasteiger charge is 2.39. The Labute approximate surface area is 210 Å². The molecule has 5 rings (SSSR count). The van der Waals surface area contributed by atoms with Crippen molar-refractivity contribution in [3.8, 4) is 0 Å². The van der Waals surface area contributed by atoms with Crippen molar-refractivity contribution in [2.75, 3.05) is 42.9 Å². The molecule has 0 saturated carbocycles. The summed E-state index contributed by atoms with van der Waals surface area (Å²) < 4.78 is 0. The standard InChI is InChI=1S/C27H32N4O3S/c1-18-6-5-7-21(16-18)31-15-14-30(17-19(31)2)26(33)20-10-12-29(13-11-20)27(34)24-25(32)28-22-8-3-4-9-23(22)35-24/h3-9,16,19-20,24H,10-15,17H2,1-2H3,(H,28,32). The predicted octanol–water partition coefficient (Wildman–Crippen LogP) is 3.38. The summed E-state index contributed by atoms with van der Waals surface area (Å²) in [5.74, 6) is -0.289. The van der Waals surface area contributed by atoms with Crippen molar-refractivity contribution >= 4 is 40.9 Å². The third kappa shape index (κ3) is 4.89. The van der Waals surface area contributed by atoms with Crippen LogP contribution in [0.2, 0.25) is 0 Å². The average Bonchev–Trinajstić information content (AvgIpc) is 2.87. The van der Waals surface area contributed by atoms with Crippen LogP contribution in [0.15, 0.2) is 53.4 Å². The summed E-state index contributed by atoms with van der Waals surface area (Å²) in [7, 11) is 0. The van der Waals surface area contributed by atoms with E-state index in [4.69, 9.17) is 0 Å². The van der Waals surface area contributed by atoms with Gasteiger partial charge in [-0.1, -0.05) is 24.3 Å². The van der Waals surface area contributed by atoms with Crippen LogP contribution in [0, 0.1) is 12.8 Å². The number of para-hydroxylation sites is 1. The number of anilines is 2. The van der Waals surface area contributed by atoms with E-state index in [-0.39, 0.29) is 29.7 Å². The van der Waals surface area contributed by atoms with Gasteiger partial charge >= 0.3 is 0 Å². The number of carbonyl (C=O) groups is 3. The molecule has 3 aliphatic heterocycles. The predicted molar refractivity (Wildman–Crippen MR) is 139 cm³/mol. The first kappa shape index (κ1) is 23.7. The van der Waals surface area contributed by atoms with E-state index in [0.29, 0.717) is 39.0 Å². The van der Waals surface area contributed by atoms with Crippen LogP contribution < -0.4 is 10.2 Å². The molecule has 0 radical (unpaired) electrons. The first-order chi connectivity index (χ1) is 16.9. The molecule has 0 aliphatic carbocycles. The van der Waals surface area contributed by atoms with Gasteiger partial charge < -0.3 is 20.0 Å². The van der Waals surface area contributed by atoms with Crippen LogP contribution in [0.1, 0.15) is 25.3 Å². The number of aryl methyl sites for hydroxylation is 1. The number of piperazine rings is 1. The molecule has 0 bridgehead atoms. The van der Waals surface area contributed by atoms with Crippen LogP contribution in [0.3, 0.4) is 0 Å². The van der Waals surface area contributed by atoms with Crippen molar-refractivity contribution in [1.82, 2.24) is 9.80 Å². The van der Waals surface area contributed by atoms with E-state index in [1.165, 1.54) is 23.0 Å². The zero-order valence-corrected chi connectivity index (χ0v) is 21.1. The van der Waals surface area contributed by atoms with Crippen LogP contribution in [-0.4, -0.2) is 71.5 Å². The van der Waals surface area contributed by atoms with Crippen molar-refractivity contribution < 1.29 is 14.4 Å². The van der Waals surface area contributed by atoms with Gasteiger partial charge in [0.15, 0.2) is 5.25 Å². The Balaban J connectivity index is 1.15. The number of benzene rings is 2. The Bertz CT molecular complexity index is 1130. The third-order valence-electron chi connectivity index (χ3n) is 7.28. The van der Waals surface area contributed by atoms with Crippen molar-refractivity contribution in [2.24, 2.45) is 5.92 Å². The molecule has 2 aromatic carbocycles. The van der Waals surface area contributed by atoms with Gasteiger partial charge in [-0.3, -0.25) is 14.4 Å². The van der Waals surface area contributed by atoms with Gasteiger partial charge in [-0.15, -0.1) is 11.8 Å². The Morgan fingerprint density at radius 2 is 1.71 bits per heavy atom. The molecule has 0 spiro atoms. The highest BCUT2D eigenvalue weighted by atomic mass is 32.2. The molecule has 35 heavy (non-hydrogen) atoms. The molecule has 2 saturated heterocycles. The zero-order valence-electron chi connectivity index (χ0n) is 20.3.